The Hall–Kier alpha value is -1.53. The van der Waals surface area contributed by atoms with Crippen molar-refractivity contribution in [1.29, 1.82) is 0 Å². The molecule has 1 saturated heterocycles. The summed E-state index contributed by atoms with van der Waals surface area (Å²) < 4.78 is 0. The van der Waals surface area contributed by atoms with Crippen LogP contribution in [0.15, 0.2) is 29.2 Å². The summed E-state index contributed by atoms with van der Waals surface area (Å²) in [6.45, 7) is 8.30. The Balaban J connectivity index is 1.68. The lowest BCUT2D eigenvalue weighted by Crippen LogP contribution is -2.51. The number of hydrogen-bond donors (Lipinski definition) is 1. The molecule has 0 bridgehead atoms. The minimum atomic E-state index is 0.0864. The van der Waals surface area contributed by atoms with Gasteiger partial charge in [-0.05, 0) is 25.0 Å². The third kappa shape index (κ3) is 6.71. The van der Waals surface area contributed by atoms with E-state index < -0.39 is 0 Å². The van der Waals surface area contributed by atoms with Crippen molar-refractivity contribution in [2.45, 2.75) is 31.6 Å². The first-order chi connectivity index (χ1) is 12.1. The molecule has 0 aromatic heterocycles. The zero-order valence-corrected chi connectivity index (χ0v) is 16.1. The number of rotatable bonds is 8. The topological polar surface area (TPSA) is 52.7 Å². The number of unbranched alkanes of at least 4 members (excludes halogenated alkanes) is 1. The number of nitrogens with one attached hydrogen (secondary N) is 1. The predicted molar refractivity (Wildman–Crippen MR) is 103 cm³/mol. The molecule has 25 heavy (non-hydrogen) atoms. The van der Waals surface area contributed by atoms with E-state index in [0.29, 0.717) is 25.4 Å². The van der Waals surface area contributed by atoms with Crippen LogP contribution in [0.3, 0.4) is 0 Å². The molecule has 1 aliphatic heterocycles. The molecule has 0 unspecified atom stereocenters. The second kappa shape index (κ2) is 10.5. The number of hydrogen-bond acceptors (Lipinski definition) is 4. The molecule has 1 N–H and O–H groups in total. The minimum Gasteiger partial charge on any atom is -0.355 e. The zero-order valence-electron chi connectivity index (χ0n) is 15.3. The van der Waals surface area contributed by atoms with E-state index in [1.165, 1.54) is 10.5 Å². The number of carbonyl (C=O) groups excluding carboxylic acids is 2. The molecule has 2 rings (SSSR count). The summed E-state index contributed by atoms with van der Waals surface area (Å²) in [5.74, 6) is 0.742. The first-order valence-electron chi connectivity index (χ1n) is 9.05. The molecule has 1 aromatic carbocycles. The van der Waals surface area contributed by atoms with Crippen molar-refractivity contribution in [3.05, 3.63) is 29.8 Å². The van der Waals surface area contributed by atoms with Gasteiger partial charge in [-0.2, -0.15) is 0 Å². The van der Waals surface area contributed by atoms with E-state index in [0.717, 1.165) is 32.5 Å². The molecular formula is C19H29N3O2S. The molecule has 1 fully saturated rings. The average molecular weight is 364 g/mol. The molecule has 1 heterocycles. The second-order valence-corrected chi connectivity index (χ2v) is 7.43. The van der Waals surface area contributed by atoms with E-state index in [-0.39, 0.29) is 11.8 Å². The molecule has 138 valence electrons. The number of piperazine rings is 1. The van der Waals surface area contributed by atoms with Crippen LogP contribution in [0.4, 0.5) is 0 Å². The number of amides is 2. The van der Waals surface area contributed by atoms with Gasteiger partial charge < -0.3 is 10.2 Å². The fraction of sp³-hybridized carbons (Fsp3) is 0.579. The molecule has 2 amide bonds. The molecule has 1 aliphatic rings. The Bertz CT molecular complexity index is 572. The SMILES string of the molecule is CCCCNC(=O)CN1CCN(C(=O)CSc2ccccc2C)CC1. The Kier molecular flexibility index (Phi) is 8.28. The Morgan fingerprint density at radius 2 is 1.88 bits per heavy atom. The number of thioether (sulfide) groups is 1. The maximum absolute atomic E-state index is 12.4. The summed E-state index contributed by atoms with van der Waals surface area (Å²) in [6, 6.07) is 8.14. The van der Waals surface area contributed by atoms with Gasteiger partial charge in [-0.1, -0.05) is 31.5 Å². The third-order valence-corrected chi connectivity index (χ3v) is 5.55. The lowest BCUT2D eigenvalue weighted by Gasteiger charge is -2.34. The van der Waals surface area contributed by atoms with E-state index in [1.54, 1.807) is 11.8 Å². The highest BCUT2D eigenvalue weighted by molar-refractivity contribution is 8.00. The first kappa shape index (κ1) is 19.8. The van der Waals surface area contributed by atoms with Crippen molar-refractivity contribution in [3.8, 4) is 0 Å². The van der Waals surface area contributed by atoms with Gasteiger partial charge >= 0.3 is 0 Å². The van der Waals surface area contributed by atoms with Gasteiger partial charge in [-0.15, -0.1) is 11.8 Å². The van der Waals surface area contributed by atoms with Gasteiger partial charge in [0.1, 0.15) is 0 Å². The highest BCUT2D eigenvalue weighted by Gasteiger charge is 2.22. The van der Waals surface area contributed by atoms with Crippen LogP contribution in [-0.4, -0.2) is 66.6 Å². The van der Waals surface area contributed by atoms with Crippen molar-refractivity contribution in [3.63, 3.8) is 0 Å². The molecule has 0 aliphatic carbocycles. The van der Waals surface area contributed by atoms with Gasteiger partial charge in [0.25, 0.3) is 0 Å². The Labute approximate surface area is 155 Å². The highest BCUT2D eigenvalue weighted by Crippen LogP contribution is 2.22. The molecule has 0 saturated carbocycles. The molecular weight excluding hydrogens is 334 g/mol. The van der Waals surface area contributed by atoms with Gasteiger partial charge in [-0.25, -0.2) is 0 Å². The zero-order chi connectivity index (χ0) is 18.1. The molecule has 0 spiro atoms. The summed E-state index contributed by atoms with van der Waals surface area (Å²) in [6.07, 6.45) is 2.11. The molecule has 1 aromatic rings. The van der Waals surface area contributed by atoms with E-state index in [2.05, 4.69) is 36.2 Å². The van der Waals surface area contributed by atoms with Gasteiger partial charge in [0.2, 0.25) is 11.8 Å². The summed E-state index contributed by atoms with van der Waals surface area (Å²) in [5.41, 5.74) is 1.21. The van der Waals surface area contributed by atoms with Gasteiger partial charge in [-0.3, -0.25) is 14.5 Å². The normalized spacial score (nSPS) is 15.2. The van der Waals surface area contributed by atoms with Crippen LogP contribution >= 0.6 is 11.8 Å². The lowest BCUT2D eigenvalue weighted by atomic mass is 10.2. The van der Waals surface area contributed by atoms with Crippen LogP contribution < -0.4 is 5.32 Å². The van der Waals surface area contributed by atoms with E-state index in [1.807, 2.05) is 17.0 Å². The predicted octanol–water partition coefficient (Wildman–Crippen LogP) is 2.15. The molecule has 6 heteroatoms. The van der Waals surface area contributed by atoms with Crippen molar-refractivity contribution in [1.82, 2.24) is 15.1 Å². The number of benzene rings is 1. The van der Waals surface area contributed by atoms with E-state index in [9.17, 15) is 9.59 Å². The maximum atomic E-state index is 12.4. The fourth-order valence-electron chi connectivity index (χ4n) is 2.77. The summed E-state index contributed by atoms with van der Waals surface area (Å²) in [7, 11) is 0. The smallest absolute Gasteiger partial charge is 0.234 e. The maximum Gasteiger partial charge on any atom is 0.234 e. The second-order valence-electron chi connectivity index (χ2n) is 6.41. The number of nitrogens with zero attached hydrogens (tertiary/aromatic N) is 2. The number of aryl methyl sites for hydroxylation is 1. The summed E-state index contributed by atoms with van der Waals surface area (Å²) >= 11 is 1.60. The van der Waals surface area contributed by atoms with Crippen molar-refractivity contribution in [2.75, 3.05) is 45.0 Å². The standard InChI is InChI=1S/C19H29N3O2S/c1-3-4-9-20-18(23)14-21-10-12-22(13-11-21)19(24)15-25-17-8-6-5-7-16(17)2/h5-8H,3-4,9-15H2,1-2H3,(H,20,23). The Morgan fingerprint density at radius 3 is 2.56 bits per heavy atom. The van der Waals surface area contributed by atoms with Gasteiger partial charge in [0.15, 0.2) is 0 Å². The number of carbonyl (C=O) groups is 2. The van der Waals surface area contributed by atoms with Crippen LogP contribution in [0.25, 0.3) is 0 Å². The van der Waals surface area contributed by atoms with Crippen LogP contribution in [0.2, 0.25) is 0 Å². The highest BCUT2D eigenvalue weighted by atomic mass is 32.2. The monoisotopic (exact) mass is 363 g/mol. The molecule has 0 radical (unpaired) electrons. The van der Waals surface area contributed by atoms with Crippen LogP contribution in [0.1, 0.15) is 25.3 Å². The van der Waals surface area contributed by atoms with E-state index in [4.69, 9.17) is 0 Å². The van der Waals surface area contributed by atoms with Crippen molar-refractivity contribution in [2.24, 2.45) is 0 Å². The van der Waals surface area contributed by atoms with E-state index >= 15 is 0 Å². The summed E-state index contributed by atoms with van der Waals surface area (Å²) in [5, 5.41) is 2.94. The van der Waals surface area contributed by atoms with Gasteiger partial charge in [0, 0.05) is 37.6 Å². The first-order valence-corrected chi connectivity index (χ1v) is 10.0. The van der Waals surface area contributed by atoms with Crippen LogP contribution in [0.5, 0.6) is 0 Å². The lowest BCUT2D eigenvalue weighted by molar-refractivity contribution is -0.130. The largest absolute Gasteiger partial charge is 0.355 e. The van der Waals surface area contributed by atoms with Crippen LogP contribution in [0, 0.1) is 6.92 Å². The molecule has 5 nitrogen and oxygen atoms in total. The minimum absolute atomic E-state index is 0.0864. The van der Waals surface area contributed by atoms with Crippen molar-refractivity contribution < 1.29 is 9.59 Å². The quantitative estimate of drug-likeness (QED) is 0.568. The third-order valence-electron chi connectivity index (χ3n) is 4.39. The fourth-order valence-corrected chi connectivity index (χ4v) is 3.70. The Morgan fingerprint density at radius 1 is 1.16 bits per heavy atom. The van der Waals surface area contributed by atoms with Crippen molar-refractivity contribution >= 4 is 23.6 Å². The molecule has 0 atom stereocenters. The van der Waals surface area contributed by atoms with Crippen LogP contribution in [-0.2, 0) is 9.59 Å². The van der Waals surface area contributed by atoms with Gasteiger partial charge in [0.05, 0.1) is 12.3 Å². The average Bonchev–Trinajstić information content (AvgIpc) is 2.61. The summed E-state index contributed by atoms with van der Waals surface area (Å²) in [4.78, 5) is 29.5.